The average Bonchev–Trinajstić information content (AvgIpc) is 2.92. The van der Waals surface area contributed by atoms with E-state index in [0.29, 0.717) is 30.3 Å². The van der Waals surface area contributed by atoms with Crippen molar-refractivity contribution < 1.29 is 9.50 Å². The lowest BCUT2D eigenvalue weighted by Gasteiger charge is -2.60. The van der Waals surface area contributed by atoms with Gasteiger partial charge in [0.1, 0.15) is 5.03 Å². The molecule has 0 radical (unpaired) electrons. The first-order valence-corrected chi connectivity index (χ1v) is 15.6. The molecule has 0 aliphatic heterocycles. The smallest absolute Gasteiger partial charge is 0.225 e. The summed E-state index contributed by atoms with van der Waals surface area (Å²) < 4.78 is 14.7. The zero-order chi connectivity index (χ0) is 26.1. The molecule has 0 spiro atoms. The van der Waals surface area contributed by atoms with E-state index in [4.69, 9.17) is 0 Å². The number of aliphatic hydroxyl groups excluding tert-OH is 1. The van der Waals surface area contributed by atoms with Crippen LogP contribution < -0.4 is 16.0 Å². The lowest BCUT2D eigenvalue weighted by molar-refractivity contribution is -0.0705. The van der Waals surface area contributed by atoms with Crippen LogP contribution in [-0.2, 0) is 6.54 Å². The second-order valence-electron chi connectivity index (χ2n) is 12.3. The predicted octanol–water partition coefficient (Wildman–Crippen LogP) is 5.09. The third kappa shape index (κ3) is 5.65. The summed E-state index contributed by atoms with van der Waals surface area (Å²) in [5.41, 5.74) is 1.30. The number of aromatic nitrogens is 3. The Bertz CT molecular complexity index is 1100. The first kappa shape index (κ1) is 26.3. The van der Waals surface area contributed by atoms with Gasteiger partial charge in [-0.1, -0.05) is 6.07 Å². The molecule has 1 unspecified atom stereocenters. The van der Waals surface area contributed by atoms with Crippen molar-refractivity contribution >= 4 is 23.5 Å². The number of nitrogens with zero attached hydrogens (tertiary/aromatic N) is 3. The maximum atomic E-state index is 14.7. The number of hydrogen-bond donors (Lipinski definition) is 4. The van der Waals surface area contributed by atoms with Crippen molar-refractivity contribution in [1.29, 1.82) is 0 Å². The monoisotopic (exact) mass is 540 g/mol. The molecule has 0 saturated heterocycles. The fraction of sp³-hybridized carbons (Fsp3) is 0.690. The summed E-state index contributed by atoms with van der Waals surface area (Å²) in [5, 5.41) is 21.4. The third-order valence-electron chi connectivity index (χ3n) is 9.71. The van der Waals surface area contributed by atoms with Gasteiger partial charge in [0.2, 0.25) is 5.95 Å². The van der Waals surface area contributed by atoms with Crippen LogP contribution in [0.15, 0.2) is 29.6 Å². The van der Waals surface area contributed by atoms with Crippen LogP contribution in [0.5, 0.6) is 0 Å². The van der Waals surface area contributed by atoms with Gasteiger partial charge in [0.25, 0.3) is 0 Å². The highest BCUT2D eigenvalue weighted by Crippen LogP contribution is 2.60. The van der Waals surface area contributed by atoms with Gasteiger partial charge in [0.15, 0.2) is 11.6 Å². The van der Waals surface area contributed by atoms with E-state index in [2.05, 4.69) is 30.9 Å². The van der Waals surface area contributed by atoms with Gasteiger partial charge < -0.3 is 21.1 Å². The van der Waals surface area contributed by atoms with Crippen molar-refractivity contribution in [2.45, 2.75) is 81.5 Å². The molecular formula is C29H41FN6OS. The van der Waals surface area contributed by atoms with Crippen LogP contribution in [-0.4, -0.2) is 51.5 Å². The Morgan fingerprint density at radius 3 is 2.63 bits per heavy atom. The fourth-order valence-corrected chi connectivity index (χ4v) is 8.73. The van der Waals surface area contributed by atoms with E-state index in [1.54, 1.807) is 18.0 Å². The highest BCUT2D eigenvalue weighted by molar-refractivity contribution is 7.98. The first-order chi connectivity index (χ1) is 18.5. The van der Waals surface area contributed by atoms with Gasteiger partial charge in [0, 0.05) is 30.9 Å². The van der Waals surface area contributed by atoms with Crippen LogP contribution in [0.2, 0.25) is 0 Å². The van der Waals surface area contributed by atoms with E-state index in [9.17, 15) is 9.50 Å². The molecule has 0 amide bonds. The van der Waals surface area contributed by atoms with Gasteiger partial charge in [-0.05, 0) is 106 Å². The number of anilines is 2. The molecule has 9 heteroatoms. The highest BCUT2D eigenvalue weighted by atomic mass is 32.2. The minimum Gasteiger partial charge on any atom is -0.393 e. The Morgan fingerprint density at radius 1 is 1.08 bits per heavy atom. The van der Waals surface area contributed by atoms with Crippen molar-refractivity contribution in [2.75, 3.05) is 30.0 Å². The lowest BCUT2D eigenvalue weighted by Crippen LogP contribution is -2.60. The normalized spacial score (nSPS) is 33.9. The molecule has 7 rings (SSSR count). The van der Waals surface area contributed by atoms with E-state index in [-0.39, 0.29) is 11.5 Å². The lowest BCUT2D eigenvalue weighted by atomic mass is 9.48. The number of halogens is 1. The number of hydrogen-bond acceptors (Lipinski definition) is 8. The number of thioether (sulfide) groups is 1. The summed E-state index contributed by atoms with van der Waals surface area (Å²) in [5.74, 6) is 3.27. The second kappa shape index (κ2) is 11.3. The fourth-order valence-electron chi connectivity index (χ4n) is 8.16. The van der Waals surface area contributed by atoms with Crippen molar-refractivity contribution in [2.24, 2.45) is 29.1 Å². The SMILES string of the molecule is CSc1ncccc1CNc1ncc(F)c(NC[C@]23CC4C[C@H](C2)[C@@H](NC[C@H]2CC[C@H](O)CC2)[C@@H](C4)C3)n1. The molecule has 5 aliphatic carbocycles. The van der Waals surface area contributed by atoms with Crippen molar-refractivity contribution in [3.8, 4) is 0 Å². The zero-order valence-electron chi connectivity index (χ0n) is 22.3. The van der Waals surface area contributed by atoms with Crippen LogP contribution in [0.25, 0.3) is 0 Å². The summed E-state index contributed by atoms with van der Waals surface area (Å²) in [7, 11) is 0. The molecule has 4 bridgehead atoms. The van der Waals surface area contributed by atoms with Crippen molar-refractivity contribution in [3.63, 3.8) is 0 Å². The molecule has 38 heavy (non-hydrogen) atoms. The Kier molecular flexibility index (Phi) is 7.78. The minimum absolute atomic E-state index is 0.0828. The molecular weight excluding hydrogens is 499 g/mol. The van der Waals surface area contributed by atoms with Crippen molar-refractivity contribution in [1.82, 2.24) is 20.3 Å². The molecule has 7 nitrogen and oxygen atoms in total. The Labute approximate surface area is 229 Å². The van der Waals surface area contributed by atoms with Crippen molar-refractivity contribution in [3.05, 3.63) is 35.9 Å². The topological polar surface area (TPSA) is 95.0 Å². The number of nitrogens with one attached hydrogen (secondary N) is 3. The van der Waals surface area contributed by atoms with Gasteiger partial charge >= 0.3 is 0 Å². The van der Waals surface area contributed by atoms with Gasteiger partial charge in [-0.3, -0.25) is 0 Å². The molecule has 5 atom stereocenters. The minimum atomic E-state index is -0.399. The van der Waals surface area contributed by atoms with Crippen LogP contribution in [0.1, 0.15) is 63.4 Å². The number of aliphatic hydroxyl groups is 1. The summed E-state index contributed by atoms with van der Waals surface area (Å²) >= 11 is 1.60. The molecule has 5 saturated carbocycles. The molecule has 0 aromatic carbocycles. The first-order valence-electron chi connectivity index (χ1n) is 14.4. The Morgan fingerprint density at radius 2 is 1.87 bits per heavy atom. The van der Waals surface area contributed by atoms with Gasteiger partial charge in [0.05, 0.1) is 12.3 Å². The van der Waals surface area contributed by atoms with Crippen LogP contribution in [0.3, 0.4) is 0 Å². The molecule has 2 aromatic rings. The summed E-state index contributed by atoms with van der Waals surface area (Å²) in [4.78, 5) is 13.1. The molecule has 5 aliphatic rings. The van der Waals surface area contributed by atoms with Gasteiger partial charge in [-0.2, -0.15) is 4.98 Å². The van der Waals surface area contributed by atoms with E-state index in [0.717, 1.165) is 67.1 Å². The molecule has 2 aromatic heterocycles. The Hall–Kier alpha value is -1.97. The Balaban J connectivity index is 1.06. The van der Waals surface area contributed by atoms with Gasteiger partial charge in [-0.25, -0.2) is 14.4 Å². The van der Waals surface area contributed by atoms with Crippen LogP contribution >= 0.6 is 11.8 Å². The zero-order valence-corrected chi connectivity index (χ0v) is 23.2. The van der Waals surface area contributed by atoms with E-state index >= 15 is 0 Å². The second-order valence-corrected chi connectivity index (χ2v) is 13.1. The summed E-state index contributed by atoms with van der Waals surface area (Å²) in [6.07, 6.45) is 15.5. The van der Waals surface area contributed by atoms with Gasteiger partial charge in [-0.15, -0.1) is 11.8 Å². The standard InChI is InChI=1S/C29H41FN6OS/c1-38-27-20(3-2-8-31-27)15-33-28-34-16-24(30)26(36-28)35-17-29-11-19-9-21(12-29)25(22(10-19)13-29)32-14-18-4-6-23(37)7-5-18/h2-3,8,16,18-19,21-23,25,32,37H,4-7,9-15,17H2,1H3,(H2,33,34,35,36)/t18-,19?,21-,22+,23-,25-,29-. The number of rotatable bonds is 10. The van der Waals surface area contributed by atoms with Crippen LogP contribution in [0.4, 0.5) is 16.2 Å². The number of pyridine rings is 1. The molecule has 2 heterocycles. The molecule has 4 N–H and O–H groups in total. The van der Waals surface area contributed by atoms with E-state index in [1.165, 1.54) is 38.3 Å². The average molecular weight is 541 g/mol. The summed E-state index contributed by atoms with van der Waals surface area (Å²) in [6.45, 7) is 2.41. The quantitative estimate of drug-likeness (QED) is 0.310. The maximum Gasteiger partial charge on any atom is 0.225 e. The highest BCUT2D eigenvalue weighted by Gasteiger charge is 2.55. The van der Waals surface area contributed by atoms with Crippen LogP contribution in [0, 0.1) is 34.9 Å². The predicted molar refractivity (Wildman–Crippen MR) is 150 cm³/mol. The molecule has 5 fully saturated rings. The third-order valence-corrected chi connectivity index (χ3v) is 10.5. The largest absolute Gasteiger partial charge is 0.393 e. The van der Waals surface area contributed by atoms with E-state index < -0.39 is 5.82 Å². The maximum absolute atomic E-state index is 14.7. The van der Waals surface area contributed by atoms with E-state index in [1.807, 2.05) is 18.4 Å². The summed E-state index contributed by atoms with van der Waals surface area (Å²) in [6, 6.07) is 4.57. The molecule has 206 valence electrons.